The Kier molecular flexibility index (Phi) is 5.27. The predicted molar refractivity (Wildman–Crippen MR) is 87.9 cm³/mol. The van der Waals surface area contributed by atoms with Crippen molar-refractivity contribution in [1.29, 1.82) is 0 Å². The summed E-state index contributed by atoms with van der Waals surface area (Å²) in [5.74, 6) is -0.904. The van der Waals surface area contributed by atoms with Crippen molar-refractivity contribution >= 4 is 33.0 Å². The number of rotatable bonds is 7. The molecular formula is C15H20O8S2. The van der Waals surface area contributed by atoms with Crippen LogP contribution < -0.4 is 0 Å². The number of esters is 1. The smallest absolute Gasteiger partial charge is 0.316 e. The van der Waals surface area contributed by atoms with E-state index in [-0.39, 0.29) is 22.7 Å². The van der Waals surface area contributed by atoms with Gasteiger partial charge in [0.25, 0.3) is 10.1 Å². The summed E-state index contributed by atoms with van der Waals surface area (Å²) in [4.78, 5) is 22.9. The molecule has 2 aliphatic carbocycles. The van der Waals surface area contributed by atoms with E-state index in [9.17, 15) is 23.1 Å². The maximum atomic E-state index is 11.9. The molecule has 10 heteroatoms. The molecule has 0 aromatic carbocycles. The lowest BCUT2D eigenvalue weighted by atomic mass is 9.94. The van der Waals surface area contributed by atoms with Crippen molar-refractivity contribution < 1.29 is 36.8 Å². The number of aliphatic hydroxyl groups excluding tert-OH is 1. The standard InChI is InChI=1S/C15H20O8S2/c1-7(2)15(18)24-6-12(17)21-5-11(16)22-13-8-3-9-10(4-8)25(19,20)23-14(9)13/h8-11,13-14,16H,1,3-6H2,2H3. The molecular weight excluding hydrogens is 372 g/mol. The first-order chi connectivity index (χ1) is 11.7. The van der Waals surface area contributed by atoms with Crippen LogP contribution in [0.4, 0.5) is 0 Å². The number of carbonyl (C=O) groups is 2. The van der Waals surface area contributed by atoms with E-state index in [1.54, 1.807) is 6.92 Å². The third-order valence-corrected chi connectivity index (χ3v) is 7.55. The molecule has 140 valence electrons. The number of hydrogen-bond donors (Lipinski definition) is 1. The largest absolute Gasteiger partial charge is 0.460 e. The van der Waals surface area contributed by atoms with Crippen LogP contribution in [0.5, 0.6) is 0 Å². The zero-order chi connectivity index (χ0) is 18.4. The van der Waals surface area contributed by atoms with E-state index in [4.69, 9.17) is 13.7 Å². The predicted octanol–water partition coefficient (Wildman–Crippen LogP) is 0.206. The Balaban J connectivity index is 1.43. The van der Waals surface area contributed by atoms with Gasteiger partial charge in [0.15, 0.2) is 6.29 Å². The summed E-state index contributed by atoms with van der Waals surface area (Å²) < 4.78 is 39.2. The van der Waals surface area contributed by atoms with Gasteiger partial charge in [0.1, 0.15) is 12.7 Å². The van der Waals surface area contributed by atoms with E-state index in [0.717, 1.165) is 11.8 Å². The molecule has 3 rings (SSSR count). The van der Waals surface area contributed by atoms with Crippen molar-refractivity contribution in [2.45, 2.75) is 43.5 Å². The van der Waals surface area contributed by atoms with Crippen molar-refractivity contribution in [3.8, 4) is 0 Å². The van der Waals surface area contributed by atoms with Crippen molar-refractivity contribution in [3.63, 3.8) is 0 Å². The minimum atomic E-state index is -3.54. The molecule has 25 heavy (non-hydrogen) atoms. The summed E-state index contributed by atoms with van der Waals surface area (Å²) in [7, 11) is -3.54. The van der Waals surface area contributed by atoms with Crippen LogP contribution in [0.25, 0.3) is 0 Å². The summed E-state index contributed by atoms with van der Waals surface area (Å²) in [5.41, 5.74) is 0.335. The van der Waals surface area contributed by atoms with Crippen LogP contribution in [0.2, 0.25) is 0 Å². The molecule has 0 aromatic rings. The molecule has 2 bridgehead atoms. The van der Waals surface area contributed by atoms with Gasteiger partial charge in [-0.05, 0) is 31.3 Å². The van der Waals surface area contributed by atoms with E-state index < -0.39 is 46.4 Å². The van der Waals surface area contributed by atoms with Crippen LogP contribution in [-0.4, -0.2) is 60.7 Å². The van der Waals surface area contributed by atoms with E-state index in [1.165, 1.54) is 0 Å². The number of fused-ring (bicyclic) bond motifs is 1. The van der Waals surface area contributed by atoms with Crippen LogP contribution in [0.3, 0.4) is 0 Å². The molecule has 1 heterocycles. The summed E-state index contributed by atoms with van der Waals surface area (Å²) in [6.07, 6.45) is -1.29. The first kappa shape index (κ1) is 18.8. The SMILES string of the molecule is C=C(C)C(=O)SCC(=O)OCC(O)OC1C2CC3C1OS(=O)(=O)C3C2. The number of ether oxygens (including phenoxy) is 2. The fourth-order valence-electron chi connectivity index (χ4n) is 3.74. The maximum absolute atomic E-state index is 11.9. The average Bonchev–Trinajstić information content (AvgIpc) is 3.14. The summed E-state index contributed by atoms with van der Waals surface area (Å²) in [6, 6.07) is 0. The zero-order valence-electron chi connectivity index (χ0n) is 13.6. The van der Waals surface area contributed by atoms with Crippen LogP contribution in [0.1, 0.15) is 19.8 Å². The topological polar surface area (TPSA) is 116 Å². The average molecular weight is 392 g/mol. The molecule has 1 aliphatic heterocycles. The monoisotopic (exact) mass is 392 g/mol. The molecule has 3 fully saturated rings. The maximum Gasteiger partial charge on any atom is 0.316 e. The number of thioether (sulfide) groups is 1. The quantitative estimate of drug-likeness (QED) is 0.281. The van der Waals surface area contributed by atoms with Crippen LogP contribution in [0, 0.1) is 11.8 Å². The molecule has 1 N–H and O–H groups in total. The highest BCUT2D eigenvalue weighted by atomic mass is 32.2. The highest BCUT2D eigenvalue weighted by molar-refractivity contribution is 8.14. The van der Waals surface area contributed by atoms with Gasteiger partial charge in [-0.15, -0.1) is 0 Å². The van der Waals surface area contributed by atoms with Gasteiger partial charge in [0.05, 0.1) is 17.1 Å². The van der Waals surface area contributed by atoms with Crippen LogP contribution in [-0.2, 0) is 33.4 Å². The first-order valence-corrected chi connectivity index (χ1v) is 10.4. The highest BCUT2D eigenvalue weighted by Crippen LogP contribution is 2.55. The second-order valence-electron chi connectivity index (χ2n) is 6.58. The Labute approximate surface area is 150 Å². The van der Waals surface area contributed by atoms with Crippen LogP contribution >= 0.6 is 11.8 Å². The van der Waals surface area contributed by atoms with Gasteiger partial charge in [-0.25, -0.2) is 0 Å². The van der Waals surface area contributed by atoms with E-state index >= 15 is 0 Å². The first-order valence-electron chi connectivity index (χ1n) is 7.93. The van der Waals surface area contributed by atoms with Gasteiger partial charge in [0.2, 0.25) is 5.12 Å². The molecule has 2 saturated carbocycles. The molecule has 1 saturated heterocycles. The normalized spacial score (nSPS) is 35.5. The molecule has 0 radical (unpaired) electrons. The summed E-state index contributed by atoms with van der Waals surface area (Å²) in [5, 5.41) is 9.16. The molecule has 0 spiro atoms. The van der Waals surface area contributed by atoms with Gasteiger partial charge in [-0.2, -0.15) is 8.42 Å². The highest BCUT2D eigenvalue weighted by Gasteiger charge is 2.64. The molecule has 8 nitrogen and oxygen atoms in total. The summed E-state index contributed by atoms with van der Waals surface area (Å²) >= 11 is 0.774. The third-order valence-electron chi connectivity index (χ3n) is 4.78. The Morgan fingerprint density at radius 3 is 2.80 bits per heavy atom. The van der Waals surface area contributed by atoms with Gasteiger partial charge in [-0.3, -0.25) is 13.8 Å². The van der Waals surface area contributed by atoms with Gasteiger partial charge < -0.3 is 14.6 Å². The van der Waals surface area contributed by atoms with Crippen molar-refractivity contribution in [2.75, 3.05) is 12.4 Å². The lowest BCUT2D eigenvalue weighted by Crippen LogP contribution is -2.39. The lowest BCUT2D eigenvalue weighted by Gasteiger charge is -2.27. The van der Waals surface area contributed by atoms with Crippen molar-refractivity contribution in [3.05, 3.63) is 12.2 Å². The fourth-order valence-corrected chi connectivity index (χ4v) is 6.20. The number of aliphatic hydroxyl groups is 1. The Morgan fingerprint density at radius 1 is 1.40 bits per heavy atom. The molecule has 0 amide bonds. The van der Waals surface area contributed by atoms with E-state index in [2.05, 4.69) is 6.58 Å². The Morgan fingerprint density at radius 2 is 2.12 bits per heavy atom. The Bertz CT molecular complexity index is 688. The third kappa shape index (κ3) is 3.77. The fraction of sp³-hybridized carbons (Fsp3) is 0.733. The van der Waals surface area contributed by atoms with E-state index in [1.807, 2.05) is 0 Å². The second kappa shape index (κ2) is 6.99. The molecule has 0 aromatic heterocycles. The van der Waals surface area contributed by atoms with Crippen molar-refractivity contribution in [2.24, 2.45) is 11.8 Å². The number of carbonyl (C=O) groups excluding carboxylic acids is 2. The second-order valence-corrected chi connectivity index (χ2v) is 9.31. The Hall–Kier alpha value is -0.940. The summed E-state index contributed by atoms with van der Waals surface area (Å²) in [6.45, 7) is 4.63. The minimum absolute atomic E-state index is 0.0198. The van der Waals surface area contributed by atoms with Crippen molar-refractivity contribution in [1.82, 2.24) is 0 Å². The molecule has 6 unspecified atom stereocenters. The lowest BCUT2D eigenvalue weighted by molar-refractivity contribution is -0.194. The van der Waals surface area contributed by atoms with Gasteiger partial charge in [0, 0.05) is 5.92 Å². The van der Waals surface area contributed by atoms with Gasteiger partial charge >= 0.3 is 5.97 Å². The minimum Gasteiger partial charge on any atom is -0.460 e. The molecule has 6 atom stereocenters. The number of hydrogen-bond acceptors (Lipinski definition) is 9. The van der Waals surface area contributed by atoms with Gasteiger partial charge in [-0.1, -0.05) is 18.3 Å². The van der Waals surface area contributed by atoms with Crippen LogP contribution in [0.15, 0.2) is 12.2 Å². The van der Waals surface area contributed by atoms with E-state index in [0.29, 0.717) is 18.4 Å². The zero-order valence-corrected chi connectivity index (χ0v) is 15.3. The molecule has 3 aliphatic rings.